The molecular formula is C31H31N5O. The van der Waals surface area contributed by atoms with E-state index in [0.29, 0.717) is 12.2 Å². The fourth-order valence-corrected chi connectivity index (χ4v) is 5.49. The van der Waals surface area contributed by atoms with E-state index in [2.05, 4.69) is 81.8 Å². The molecule has 6 nitrogen and oxygen atoms in total. The summed E-state index contributed by atoms with van der Waals surface area (Å²) in [5.74, 6) is 2.09. The van der Waals surface area contributed by atoms with Gasteiger partial charge in [-0.2, -0.15) is 5.26 Å². The molecular weight excluding hydrogens is 458 g/mol. The largest absolute Gasteiger partial charge is 0.492 e. The minimum atomic E-state index is 0.669. The lowest BCUT2D eigenvalue weighted by atomic mass is 10.1. The Bertz CT molecular complexity index is 1600. The number of imidazole rings is 1. The first-order chi connectivity index (χ1) is 18.3. The minimum Gasteiger partial charge on any atom is -0.492 e. The van der Waals surface area contributed by atoms with E-state index in [9.17, 15) is 5.26 Å². The van der Waals surface area contributed by atoms with E-state index in [0.717, 1.165) is 84.8 Å². The maximum atomic E-state index is 9.99. The summed E-state index contributed by atoms with van der Waals surface area (Å²) >= 11 is 0. The molecule has 0 atom stereocenters. The molecule has 2 aromatic heterocycles. The number of hydrogen-bond donors (Lipinski definition) is 0. The van der Waals surface area contributed by atoms with Crippen LogP contribution in [-0.2, 0) is 6.42 Å². The third-order valence-electron chi connectivity index (χ3n) is 7.38. The van der Waals surface area contributed by atoms with Gasteiger partial charge in [0, 0.05) is 38.1 Å². The van der Waals surface area contributed by atoms with Crippen LogP contribution in [-0.4, -0.2) is 53.6 Å². The van der Waals surface area contributed by atoms with Crippen molar-refractivity contribution in [3.05, 3.63) is 83.9 Å². The van der Waals surface area contributed by atoms with Crippen molar-refractivity contribution in [3.63, 3.8) is 0 Å². The van der Waals surface area contributed by atoms with E-state index in [1.807, 2.05) is 18.2 Å². The second-order valence-corrected chi connectivity index (χ2v) is 9.68. The number of ether oxygens (including phenoxy) is 1. The van der Waals surface area contributed by atoms with Crippen LogP contribution in [0.4, 0.5) is 5.82 Å². The van der Waals surface area contributed by atoms with Crippen molar-refractivity contribution >= 4 is 33.3 Å². The highest BCUT2D eigenvalue weighted by atomic mass is 16.5. The predicted octanol–water partition coefficient (Wildman–Crippen LogP) is 5.67. The molecule has 3 heterocycles. The van der Waals surface area contributed by atoms with Gasteiger partial charge in [0.15, 0.2) is 5.65 Å². The molecule has 0 spiro atoms. The highest BCUT2D eigenvalue weighted by Crippen LogP contribution is 2.30. The number of nitrogens with zero attached hydrogens (tertiary/aromatic N) is 5. The number of rotatable bonds is 7. The summed E-state index contributed by atoms with van der Waals surface area (Å²) < 4.78 is 8.39. The Morgan fingerprint density at radius 2 is 1.73 bits per heavy atom. The van der Waals surface area contributed by atoms with Gasteiger partial charge in [0.1, 0.15) is 24.2 Å². The molecule has 0 radical (unpaired) electrons. The highest BCUT2D eigenvalue weighted by molar-refractivity contribution is 5.88. The van der Waals surface area contributed by atoms with Gasteiger partial charge in [0.2, 0.25) is 0 Å². The predicted molar refractivity (Wildman–Crippen MR) is 150 cm³/mol. The van der Waals surface area contributed by atoms with E-state index >= 15 is 0 Å². The van der Waals surface area contributed by atoms with Crippen molar-refractivity contribution < 1.29 is 4.74 Å². The van der Waals surface area contributed by atoms with Gasteiger partial charge >= 0.3 is 0 Å². The number of benzene rings is 3. The van der Waals surface area contributed by atoms with E-state index < -0.39 is 0 Å². The fraction of sp³-hybridized carbons (Fsp3) is 0.290. The van der Waals surface area contributed by atoms with Gasteiger partial charge in [-0.15, -0.1) is 0 Å². The second kappa shape index (κ2) is 10.1. The number of piperazine rings is 1. The van der Waals surface area contributed by atoms with Crippen molar-refractivity contribution in [1.82, 2.24) is 14.3 Å². The fourth-order valence-electron chi connectivity index (χ4n) is 5.49. The van der Waals surface area contributed by atoms with Crippen molar-refractivity contribution in [1.29, 1.82) is 5.26 Å². The molecule has 37 heavy (non-hydrogen) atoms. The second-order valence-electron chi connectivity index (χ2n) is 9.68. The molecule has 0 N–H and O–H groups in total. The maximum absolute atomic E-state index is 9.99. The summed E-state index contributed by atoms with van der Waals surface area (Å²) in [4.78, 5) is 9.80. The molecule has 0 bridgehead atoms. The van der Waals surface area contributed by atoms with E-state index in [-0.39, 0.29) is 0 Å². The quantitative estimate of drug-likeness (QED) is 0.295. The smallest absolute Gasteiger partial charge is 0.157 e. The lowest BCUT2D eigenvalue weighted by molar-refractivity contribution is 0.201. The van der Waals surface area contributed by atoms with Gasteiger partial charge in [-0.25, -0.2) is 4.98 Å². The topological polar surface area (TPSA) is 56.8 Å². The first-order valence-electron chi connectivity index (χ1n) is 13.2. The zero-order valence-electron chi connectivity index (χ0n) is 21.2. The van der Waals surface area contributed by atoms with Crippen LogP contribution >= 0.6 is 0 Å². The van der Waals surface area contributed by atoms with Gasteiger partial charge in [-0.05, 0) is 41.6 Å². The molecule has 0 aliphatic carbocycles. The summed E-state index contributed by atoms with van der Waals surface area (Å²) in [6.07, 6.45) is 1.87. The van der Waals surface area contributed by atoms with Crippen LogP contribution in [0.1, 0.15) is 24.5 Å². The van der Waals surface area contributed by atoms with E-state index in [4.69, 9.17) is 9.72 Å². The molecule has 0 amide bonds. The van der Waals surface area contributed by atoms with E-state index in [1.54, 1.807) is 0 Å². The number of nitriles is 1. The summed E-state index contributed by atoms with van der Waals surface area (Å²) in [5.41, 5.74) is 4.55. The van der Waals surface area contributed by atoms with E-state index in [1.165, 1.54) is 5.39 Å². The van der Waals surface area contributed by atoms with Crippen molar-refractivity contribution in [2.24, 2.45) is 0 Å². The van der Waals surface area contributed by atoms with Crippen LogP contribution in [0.15, 0.2) is 72.8 Å². The molecule has 1 fully saturated rings. The van der Waals surface area contributed by atoms with Crippen LogP contribution < -0.4 is 9.64 Å². The number of aryl methyl sites for hydroxylation is 1. The third-order valence-corrected chi connectivity index (χ3v) is 7.38. The molecule has 1 saturated heterocycles. The van der Waals surface area contributed by atoms with Gasteiger partial charge in [-0.1, -0.05) is 61.9 Å². The Labute approximate surface area is 217 Å². The first-order valence-corrected chi connectivity index (χ1v) is 13.2. The first kappa shape index (κ1) is 23.3. The van der Waals surface area contributed by atoms with Gasteiger partial charge in [0.05, 0.1) is 16.6 Å². The maximum Gasteiger partial charge on any atom is 0.157 e. The standard InChI is InChI=1S/C31H31N5O/c1-2-8-24-21-30(36-28-13-6-5-12-27(28)33-31(36)26(24)22-32)35-17-15-34(16-18-35)19-20-37-29-14-7-10-23-9-3-4-11-25(23)29/h3-7,9-14,21H,2,8,15-20H2,1H3. The molecule has 6 rings (SSSR count). The number of hydrogen-bond acceptors (Lipinski definition) is 5. The molecule has 1 aliphatic rings. The number of fused-ring (bicyclic) bond motifs is 4. The summed E-state index contributed by atoms with van der Waals surface area (Å²) in [6.45, 7) is 7.51. The number of anilines is 1. The zero-order chi connectivity index (χ0) is 25.2. The number of pyridine rings is 1. The Kier molecular flexibility index (Phi) is 6.38. The van der Waals surface area contributed by atoms with Crippen molar-refractivity contribution in [2.75, 3.05) is 44.2 Å². The average Bonchev–Trinajstić information content (AvgIpc) is 3.33. The number of para-hydroxylation sites is 2. The van der Waals surface area contributed by atoms with Crippen molar-refractivity contribution in [2.45, 2.75) is 19.8 Å². The lowest BCUT2D eigenvalue weighted by Gasteiger charge is -2.36. The molecule has 1 aliphatic heterocycles. The van der Waals surface area contributed by atoms with Gasteiger partial charge in [-0.3, -0.25) is 9.30 Å². The van der Waals surface area contributed by atoms with Crippen LogP contribution in [0.2, 0.25) is 0 Å². The Morgan fingerprint density at radius 1 is 0.946 bits per heavy atom. The van der Waals surface area contributed by atoms with Crippen molar-refractivity contribution in [3.8, 4) is 11.8 Å². The number of aromatic nitrogens is 2. The molecule has 186 valence electrons. The Balaban J connectivity index is 1.20. The molecule has 5 aromatic rings. The minimum absolute atomic E-state index is 0.669. The van der Waals surface area contributed by atoms with Crippen LogP contribution in [0.5, 0.6) is 5.75 Å². The zero-order valence-corrected chi connectivity index (χ0v) is 21.2. The third kappa shape index (κ3) is 4.36. The van der Waals surface area contributed by atoms with Crippen LogP contribution in [0.3, 0.4) is 0 Å². The summed E-state index contributed by atoms with van der Waals surface area (Å²) in [6, 6.07) is 27.4. The summed E-state index contributed by atoms with van der Waals surface area (Å²) in [7, 11) is 0. The monoisotopic (exact) mass is 489 g/mol. The average molecular weight is 490 g/mol. The van der Waals surface area contributed by atoms with Crippen LogP contribution in [0, 0.1) is 11.3 Å². The lowest BCUT2D eigenvalue weighted by Crippen LogP contribution is -2.48. The Morgan fingerprint density at radius 3 is 2.57 bits per heavy atom. The SMILES string of the molecule is CCCc1cc(N2CCN(CCOc3cccc4ccccc34)CC2)n2c(nc3ccccc32)c1C#N. The Hall–Kier alpha value is -4.08. The summed E-state index contributed by atoms with van der Waals surface area (Å²) in [5, 5.41) is 12.4. The normalized spacial score (nSPS) is 14.4. The molecule has 0 saturated carbocycles. The highest BCUT2D eigenvalue weighted by Gasteiger charge is 2.23. The molecule has 3 aromatic carbocycles. The van der Waals surface area contributed by atoms with Gasteiger partial charge < -0.3 is 9.64 Å². The van der Waals surface area contributed by atoms with Crippen LogP contribution in [0.25, 0.3) is 27.5 Å². The van der Waals surface area contributed by atoms with Gasteiger partial charge in [0.25, 0.3) is 0 Å². The molecule has 0 unspecified atom stereocenters. The molecule has 6 heteroatoms.